The number of benzene rings is 1. The molecule has 26 heavy (non-hydrogen) atoms. The third kappa shape index (κ3) is 4.09. The van der Waals surface area contributed by atoms with E-state index in [9.17, 15) is 18.0 Å². The van der Waals surface area contributed by atoms with Crippen molar-refractivity contribution in [1.29, 1.82) is 0 Å². The maximum atomic E-state index is 12.8. The van der Waals surface area contributed by atoms with E-state index >= 15 is 0 Å². The fraction of sp³-hybridized carbons (Fsp3) is 0.421. The molecule has 0 saturated heterocycles. The highest BCUT2D eigenvalue weighted by Gasteiger charge is 2.30. The monoisotopic (exact) mass is 368 g/mol. The number of carbonyl (C=O) groups is 1. The lowest BCUT2D eigenvalue weighted by Gasteiger charge is -2.10. The van der Waals surface area contributed by atoms with Crippen LogP contribution < -0.4 is 5.73 Å². The molecule has 0 radical (unpaired) electrons. The van der Waals surface area contributed by atoms with Crippen molar-refractivity contribution in [1.82, 2.24) is 4.57 Å². The zero-order valence-corrected chi connectivity index (χ0v) is 15.1. The number of alkyl halides is 3. The molecule has 0 aliphatic rings. The van der Waals surface area contributed by atoms with Crippen LogP contribution in [0.4, 0.5) is 13.2 Å². The van der Waals surface area contributed by atoms with E-state index in [4.69, 9.17) is 10.5 Å². The maximum Gasteiger partial charge on any atom is 0.416 e. The average molecular weight is 368 g/mol. The smallest absolute Gasteiger partial charge is 0.382 e. The molecule has 2 rings (SSSR count). The van der Waals surface area contributed by atoms with Gasteiger partial charge in [0, 0.05) is 36.7 Å². The Morgan fingerprint density at radius 2 is 1.77 bits per heavy atom. The predicted octanol–water partition coefficient (Wildman–Crippen LogP) is 4.32. The standard InChI is InChI=1S/C19H23F3N2O2/c1-4-26-11-5-10-24-12(2)16(17(13(24)3)18(23)25)14-6-8-15(9-7-14)19(20,21)22/h6-9H,4-5,10-11H2,1-3H3,(H2,23,25). The lowest BCUT2D eigenvalue weighted by atomic mass is 9.99. The Labute approximate surface area is 150 Å². The highest BCUT2D eigenvalue weighted by atomic mass is 19.4. The van der Waals surface area contributed by atoms with Crippen molar-refractivity contribution in [2.45, 2.75) is 39.9 Å². The number of hydrogen-bond donors (Lipinski definition) is 1. The Morgan fingerprint density at radius 3 is 2.27 bits per heavy atom. The number of hydrogen-bond acceptors (Lipinski definition) is 2. The third-order valence-electron chi connectivity index (χ3n) is 4.41. The summed E-state index contributed by atoms with van der Waals surface area (Å²) in [5.74, 6) is -0.593. The van der Waals surface area contributed by atoms with Crippen molar-refractivity contribution in [3.8, 4) is 11.1 Å². The minimum Gasteiger partial charge on any atom is -0.382 e. The number of rotatable bonds is 7. The van der Waals surface area contributed by atoms with Gasteiger partial charge in [0.25, 0.3) is 5.91 Å². The lowest BCUT2D eigenvalue weighted by molar-refractivity contribution is -0.137. The quantitative estimate of drug-likeness (QED) is 0.740. The van der Waals surface area contributed by atoms with Crippen LogP contribution in [0.25, 0.3) is 11.1 Å². The first-order chi connectivity index (χ1) is 12.2. The van der Waals surface area contributed by atoms with Gasteiger partial charge in [-0.1, -0.05) is 12.1 Å². The van der Waals surface area contributed by atoms with Gasteiger partial charge in [-0.2, -0.15) is 13.2 Å². The Balaban J connectivity index is 2.45. The van der Waals surface area contributed by atoms with Gasteiger partial charge in [0.15, 0.2) is 0 Å². The van der Waals surface area contributed by atoms with Gasteiger partial charge in [-0.25, -0.2) is 0 Å². The molecular formula is C19H23F3N2O2. The van der Waals surface area contributed by atoms with E-state index < -0.39 is 17.6 Å². The predicted molar refractivity (Wildman–Crippen MR) is 94.0 cm³/mol. The Hall–Kier alpha value is -2.28. The van der Waals surface area contributed by atoms with E-state index in [0.29, 0.717) is 42.1 Å². The van der Waals surface area contributed by atoms with Crippen LogP contribution in [0.3, 0.4) is 0 Å². The van der Waals surface area contributed by atoms with Crippen LogP contribution in [0.15, 0.2) is 24.3 Å². The molecule has 0 spiro atoms. The SMILES string of the molecule is CCOCCCn1c(C)c(C(N)=O)c(-c2ccc(C(F)(F)F)cc2)c1C. The molecule has 0 fully saturated rings. The summed E-state index contributed by atoms with van der Waals surface area (Å²) in [4.78, 5) is 12.0. The van der Waals surface area contributed by atoms with E-state index in [1.165, 1.54) is 12.1 Å². The molecule has 0 saturated carbocycles. The average Bonchev–Trinajstić information content (AvgIpc) is 2.82. The van der Waals surface area contributed by atoms with Gasteiger partial charge in [-0.05, 0) is 44.9 Å². The van der Waals surface area contributed by atoms with E-state index in [2.05, 4.69) is 0 Å². The number of carbonyl (C=O) groups excluding carboxylic acids is 1. The van der Waals surface area contributed by atoms with Crippen LogP contribution in [0.2, 0.25) is 0 Å². The summed E-state index contributed by atoms with van der Waals surface area (Å²) < 4.78 is 45.7. The summed E-state index contributed by atoms with van der Waals surface area (Å²) >= 11 is 0. The molecule has 1 heterocycles. The topological polar surface area (TPSA) is 57.2 Å². The number of nitrogens with zero attached hydrogens (tertiary/aromatic N) is 1. The summed E-state index contributed by atoms with van der Waals surface area (Å²) in [5.41, 5.74) is 7.80. The second kappa shape index (κ2) is 7.95. The molecule has 0 unspecified atom stereocenters. The molecule has 7 heteroatoms. The van der Waals surface area contributed by atoms with Crippen LogP contribution >= 0.6 is 0 Å². The molecule has 1 aromatic carbocycles. The summed E-state index contributed by atoms with van der Waals surface area (Å²) in [5, 5.41) is 0. The number of amides is 1. The molecule has 0 bridgehead atoms. The number of halogens is 3. The van der Waals surface area contributed by atoms with Crippen LogP contribution in [0.1, 0.15) is 40.7 Å². The van der Waals surface area contributed by atoms with E-state index in [1.807, 2.05) is 18.4 Å². The summed E-state index contributed by atoms with van der Waals surface area (Å²) in [6, 6.07) is 4.78. The highest BCUT2D eigenvalue weighted by Crippen LogP contribution is 2.35. The van der Waals surface area contributed by atoms with Crippen LogP contribution in [0.5, 0.6) is 0 Å². The van der Waals surface area contributed by atoms with Gasteiger partial charge < -0.3 is 15.0 Å². The molecule has 142 valence electrons. The van der Waals surface area contributed by atoms with E-state index in [1.54, 1.807) is 6.92 Å². The fourth-order valence-corrected chi connectivity index (χ4v) is 3.17. The molecule has 0 aliphatic carbocycles. The lowest BCUT2D eigenvalue weighted by Crippen LogP contribution is -2.14. The third-order valence-corrected chi connectivity index (χ3v) is 4.41. The van der Waals surface area contributed by atoms with Crippen molar-refractivity contribution in [2.24, 2.45) is 5.73 Å². The number of ether oxygens (including phenoxy) is 1. The van der Waals surface area contributed by atoms with Gasteiger partial charge in [0.05, 0.1) is 11.1 Å². The fourth-order valence-electron chi connectivity index (χ4n) is 3.17. The normalized spacial score (nSPS) is 11.8. The second-order valence-corrected chi connectivity index (χ2v) is 6.06. The van der Waals surface area contributed by atoms with Crippen LogP contribution in [-0.4, -0.2) is 23.7 Å². The summed E-state index contributed by atoms with van der Waals surface area (Å²) in [6.45, 7) is 7.41. The summed E-state index contributed by atoms with van der Waals surface area (Å²) in [7, 11) is 0. The van der Waals surface area contributed by atoms with Gasteiger partial charge >= 0.3 is 6.18 Å². The van der Waals surface area contributed by atoms with Crippen molar-refractivity contribution < 1.29 is 22.7 Å². The Morgan fingerprint density at radius 1 is 1.15 bits per heavy atom. The van der Waals surface area contributed by atoms with Gasteiger partial charge in [0.1, 0.15) is 0 Å². The molecule has 2 N–H and O–H groups in total. The van der Waals surface area contributed by atoms with E-state index in [0.717, 1.165) is 24.2 Å². The van der Waals surface area contributed by atoms with E-state index in [-0.39, 0.29) is 0 Å². The minimum atomic E-state index is -4.40. The second-order valence-electron chi connectivity index (χ2n) is 6.06. The molecule has 2 aromatic rings. The van der Waals surface area contributed by atoms with Gasteiger partial charge in [-0.3, -0.25) is 4.79 Å². The first-order valence-electron chi connectivity index (χ1n) is 8.43. The first-order valence-corrected chi connectivity index (χ1v) is 8.43. The van der Waals surface area contributed by atoms with Gasteiger partial charge in [0.2, 0.25) is 0 Å². The van der Waals surface area contributed by atoms with Gasteiger partial charge in [-0.15, -0.1) is 0 Å². The molecule has 0 atom stereocenters. The number of nitrogens with two attached hydrogens (primary N) is 1. The Kier molecular flexibility index (Phi) is 6.13. The molecular weight excluding hydrogens is 345 g/mol. The van der Waals surface area contributed by atoms with Crippen molar-refractivity contribution in [2.75, 3.05) is 13.2 Å². The molecule has 0 aliphatic heterocycles. The van der Waals surface area contributed by atoms with Crippen molar-refractivity contribution in [3.63, 3.8) is 0 Å². The van der Waals surface area contributed by atoms with Crippen molar-refractivity contribution >= 4 is 5.91 Å². The number of primary amides is 1. The highest BCUT2D eigenvalue weighted by molar-refractivity contribution is 6.02. The van der Waals surface area contributed by atoms with Crippen LogP contribution in [-0.2, 0) is 17.5 Å². The Bertz CT molecular complexity index is 778. The zero-order valence-electron chi connectivity index (χ0n) is 15.1. The van der Waals surface area contributed by atoms with Crippen molar-refractivity contribution in [3.05, 3.63) is 46.8 Å². The molecule has 1 amide bonds. The summed E-state index contributed by atoms with van der Waals surface area (Å²) in [6.07, 6.45) is -3.64. The largest absolute Gasteiger partial charge is 0.416 e. The maximum absolute atomic E-state index is 12.8. The first kappa shape index (κ1) is 20.0. The van der Waals surface area contributed by atoms with Crippen LogP contribution in [0, 0.1) is 13.8 Å². The zero-order chi connectivity index (χ0) is 19.5. The molecule has 1 aromatic heterocycles. The minimum absolute atomic E-state index is 0.346. The number of aromatic nitrogens is 1. The molecule has 4 nitrogen and oxygen atoms in total.